The molecule has 2 rings (SSSR count). The molecule has 1 amide bonds. The molecule has 7 nitrogen and oxygen atoms in total. The molecular weight excluding hydrogens is 317 g/mol. The quantitative estimate of drug-likeness (QED) is 0.830. The largest absolute Gasteiger partial charge is 0.476 e. The Labute approximate surface area is 129 Å². The third kappa shape index (κ3) is 4.66. The second kappa shape index (κ2) is 6.63. The van der Waals surface area contributed by atoms with E-state index in [4.69, 9.17) is 5.11 Å². The first-order valence-electron chi connectivity index (χ1n) is 6.63. The van der Waals surface area contributed by atoms with Crippen molar-refractivity contribution in [2.75, 3.05) is 31.1 Å². The van der Waals surface area contributed by atoms with Gasteiger partial charge in [-0.3, -0.25) is 4.79 Å². The van der Waals surface area contributed by atoms with Gasteiger partial charge in [0.05, 0.1) is 0 Å². The fraction of sp³-hybridized carbons (Fsp3) is 0.385. The van der Waals surface area contributed by atoms with Gasteiger partial charge in [0, 0.05) is 38.3 Å². The fourth-order valence-electron chi connectivity index (χ4n) is 2.04. The van der Waals surface area contributed by atoms with Gasteiger partial charge in [-0.15, -0.1) is 10.2 Å². The van der Waals surface area contributed by atoms with Gasteiger partial charge in [-0.25, -0.2) is 4.79 Å². The van der Waals surface area contributed by atoms with Crippen LogP contribution in [0, 0.1) is 0 Å². The lowest BCUT2D eigenvalue weighted by Crippen LogP contribution is -2.48. The number of piperazine rings is 1. The van der Waals surface area contributed by atoms with Crippen molar-refractivity contribution in [3.05, 3.63) is 30.0 Å². The molecule has 0 radical (unpaired) electrons. The number of nitrogens with zero attached hydrogens (tertiary/aromatic N) is 4. The topological polar surface area (TPSA) is 86.6 Å². The van der Waals surface area contributed by atoms with E-state index in [2.05, 4.69) is 10.2 Å². The van der Waals surface area contributed by atoms with Gasteiger partial charge in [0.15, 0.2) is 11.5 Å². The molecule has 0 aromatic carbocycles. The normalized spacial score (nSPS) is 16.0. The lowest BCUT2D eigenvalue weighted by Gasteiger charge is -2.34. The van der Waals surface area contributed by atoms with Gasteiger partial charge in [-0.05, 0) is 12.1 Å². The number of allylic oxidation sites excluding steroid dienone is 1. The van der Waals surface area contributed by atoms with E-state index in [1.165, 1.54) is 17.0 Å². The van der Waals surface area contributed by atoms with Crippen LogP contribution in [0.5, 0.6) is 0 Å². The van der Waals surface area contributed by atoms with Crippen molar-refractivity contribution in [3.63, 3.8) is 0 Å². The van der Waals surface area contributed by atoms with Gasteiger partial charge in [-0.2, -0.15) is 13.2 Å². The lowest BCUT2D eigenvalue weighted by molar-refractivity contribution is -0.127. The van der Waals surface area contributed by atoms with Gasteiger partial charge >= 0.3 is 12.1 Å². The molecule has 23 heavy (non-hydrogen) atoms. The maximum atomic E-state index is 12.0. The molecule has 2 heterocycles. The zero-order valence-electron chi connectivity index (χ0n) is 11.8. The van der Waals surface area contributed by atoms with Crippen LogP contribution < -0.4 is 4.90 Å². The molecule has 1 aromatic heterocycles. The van der Waals surface area contributed by atoms with Crippen LogP contribution in [0.25, 0.3) is 0 Å². The van der Waals surface area contributed by atoms with E-state index < -0.39 is 18.1 Å². The minimum Gasteiger partial charge on any atom is -0.476 e. The Morgan fingerprint density at radius 1 is 1.13 bits per heavy atom. The summed E-state index contributed by atoms with van der Waals surface area (Å²) in [5.74, 6) is -1.43. The summed E-state index contributed by atoms with van der Waals surface area (Å²) >= 11 is 0. The molecule has 0 aliphatic carbocycles. The Kier molecular flexibility index (Phi) is 4.82. The fourth-order valence-corrected chi connectivity index (χ4v) is 2.04. The molecule has 0 atom stereocenters. The number of anilines is 1. The standard InChI is InChI=1S/C13H13F3N4O3/c14-13(15,16)4-3-11(21)20-7-5-19(6-8-20)10-2-1-9(12(22)23)17-18-10/h1-4H,5-8H2,(H,22,23)/b4-3+. The molecular formula is C13H13F3N4O3. The summed E-state index contributed by atoms with van der Waals surface area (Å²) < 4.78 is 36.1. The van der Waals surface area contributed by atoms with Crippen LogP contribution in [0.1, 0.15) is 10.5 Å². The van der Waals surface area contributed by atoms with Crippen molar-refractivity contribution >= 4 is 17.7 Å². The summed E-state index contributed by atoms with van der Waals surface area (Å²) in [5.41, 5.74) is -0.181. The first-order chi connectivity index (χ1) is 10.8. The van der Waals surface area contributed by atoms with E-state index in [0.29, 0.717) is 25.0 Å². The molecule has 1 saturated heterocycles. The second-order valence-corrected chi connectivity index (χ2v) is 4.77. The number of carbonyl (C=O) groups is 2. The zero-order valence-corrected chi connectivity index (χ0v) is 11.8. The Bertz CT molecular complexity index is 608. The molecule has 0 unspecified atom stereocenters. The number of hydrogen-bond acceptors (Lipinski definition) is 5. The first-order valence-corrected chi connectivity index (χ1v) is 6.63. The highest BCUT2D eigenvalue weighted by atomic mass is 19.4. The summed E-state index contributed by atoms with van der Waals surface area (Å²) in [5, 5.41) is 16.1. The number of rotatable bonds is 3. The van der Waals surface area contributed by atoms with Crippen LogP contribution in [-0.2, 0) is 4.79 Å². The average molecular weight is 330 g/mol. The van der Waals surface area contributed by atoms with Gasteiger partial charge < -0.3 is 14.9 Å². The van der Waals surface area contributed by atoms with Crippen LogP contribution in [-0.4, -0.2) is 64.4 Å². The second-order valence-electron chi connectivity index (χ2n) is 4.77. The van der Waals surface area contributed by atoms with Crippen LogP contribution >= 0.6 is 0 Å². The highest BCUT2D eigenvalue weighted by molar-refractivity contribution is 5.88. The lowest BCUT2D eigenvalue weighted by atomic mass is 10.3. The molecule has 124 valence electrons. The minimum atomic E-state index is -4.51. The Morgan fingerprint density at radius 2 is 1.78 bits per heavy atom. The number of halogens is 3. The smallest absolute Gasteiger partial charge is 0.409 e. The molecule has 1 N–H and O–H groups in total. The van der Waals surface area contributed by atoms with Crippen LogP contribution in [0.15, 0.2) is 24.3 Å². The predicted molar refractivity (Wildman–Crippen MR) is 73.0 cm³/mol. The number of carbonyl (C=O) groups excluding carboxylic acids is 1. The highest BCUT2D eigenvalue weighted by Crippen LogP contribution is 2.17. The molecule has 0 saturated carbocycles. The summed E-state index contributed by atoms with van der Waals surface area (Å²) in [6.07, 6.45) is -4.09. The van der Waals surface area contributed by atoms with Crippen molar-refractivity contribution in [3.8, 4) is 0 Å². The Hall–Kier alpha value is -2.65. The van der Waals surface area contributed by atoms with Crippen LogP contribution in [0.3, 0.4) is 0 Å². The summed E-state index contributed by atoms with van der Waals surface area (Å²) in [6, 6.07) is 2.81. The molecule has 10 heteroatoms. The number of hydrogen-bond donors (Lipinski definition) is 1. The van der Waals surface area contributed by atoms with Crippen molar-refractivity contribution in [1.29, 1.82) is 0 Å². The van der Waals surface area contributed by atoms with Crippen molar-refractivity contribution in [2.45, 2.75) is 6.18 Å². The van der Waals surface area contributed by atoms with Crippen molar-refractivity contribution < 1.29 is 27.9 Å². The molecule has 0 spiro atoms. The molecule has 1 aliphatic rings. The molecule has 1 aliphatic heterocycles. The summed E-state index contributed by atoms with van der Waals surface area (Å²) in [7, 11) is 0. The van der Waals surface area contributed by atoms with Crippen molar-refractivity contribution in [2.24, 2.45) is 0 Å². The molecule has 1 aromatic rings. The SMILES string of the molecule is O=C(O)c1ccc(N2CCN(C(=O)/C=C/C(F)(F)F)CC2)nn1. The van der Waals surface area contributed by atoms with E-state index in [1.807, 2.05) is 0 Å². The highest BCUT2D eigenvalue weighted by Gasteiger charge is 2.25. The zero-order chi connectivity index (χ0) is 17.0. The van der Waals surface area contributed by atoms with Gasteiger partial charge in [-0.1, -0.05) is 0 Å². The van der Waals surface area contributed by atoms with E-state index >= 15 is 0 Å². The maximum Gasteiger partial charge on any atom is 0.409 e. The third-order valence-corrected chi connectivity index (χ3v) is 3.20. The van der Waals surface area contributed by atoms with E-state index in [-0.39, 0.29) is 24.9 Å². The van der Waals surface area contributed by atoms with Crippen molar-refractivity contribution in [1.82, 2.24) is 15.1 Å². The summed E-state index contributed by atoms with van der Waals surface area (Å²) in [4.78, 5) is 25.4. The number of aromatic nitrogens is 2. The van der Waals surface area contributed by atoms with E-state index in [1.54, 1.807) is 4.90 Å². The number of alkyl halides is 3. The predicted octanol–water partition coefficient (Wildman–Crippen LogP) is 0.942. The minimum absolute atomic E-state index is 0.0855. The van der Waals surface area contributed by atoms with E-state index in [0.717, 1.165) is 0 Å². The Balaban J connectivity index is 1.92. The maximum absolute atomic E-state index is 12.0. The van der Waals surface area contributed by atoms with Gasteiger partial charge in [0.25, 0.3) is 0 Å². The third-order valence-electron chi connectivity index (χ3n) is 3.20. The number of carboxylic acid groups (broad SMARTS) is 1. The van der Waals surface area contributed by atoms with Crippen LogP contribution in [0.2, 0.25) is 0 Å². The summed E-state index contributed by atoms with van der Waals surface area (Å²) in [6.45, 7) is 1.21. The molecule has 1 fully saturated rings. The van der Waals surface area contributed by atoms with Gasteiger partial charge in [0.1, 0.15) is 0 Å². The first kappa shape index (κ1) is 16.7. The average Bonchev–Trinajstić information content (AvgIpc) is 2.52. The number of carboxylic acids is 1. The monoisotopic (exact) mass is 330 g/mol. The molecule has 0 bridgehead atoms. The number of amides is 1. The number of aromatic carboxylic acids is 1. The Morgan fingerprint density at radius 3 is 2.26 bits per heavy atom. The van der Waals surface area contributed by atoms with Crippen LogP contribution in [0.4, 0.5) is 19.0 Å². The van der Waals surface area contributed by atoms with Gasteiger partial charge in [0.2, 0.25) is 5.91 Å². The van der Waals surface area contributed by atoms with E-state index in [9.17, 15) is 22.8 Å².